The van der Waals surface area contributed by atoms with Gasteiger partial charge in [0.2, 0.25) is 0 Å². The van der Waals surface area contributed by atoms with Gasteiger partial charge in [0.15, 0.2) is 5.25 Å². The summed E-state index contributed by atoms with van der Waals surface area (Å²) in [5.41, 5.74) is 0. The van der Waals surface area contributed by atoms with Gasteiger partial charge >= 0.3 is 115 Å². The summed E-state index contributed by atoms with van der Waals surface area (Å²) in [7, 11) is -4.74. The van der Waals surface area contributed by atoms with Gasteiger partial charge in [0.1, 0.15) is 0 Å². The Morgan fingerprint density at radius 2 is 1.81 bits per heavy atom. The molecule has 0 aromatic carbocycles. The Morgan fingerprint density at radius 1 is 1.38 bits per heavy atom. The fraction of sp³-hybridized carbons (Fsp3) is 0.667. The standard InChI is InChI=1S/C6H10O7S.2K.2H/c1-2-13-6(9)4(3-5(7)8)14(10,11)12;;;;/h4H,2-3H2,1H3,(H,7,8)(H,10,11,12);;;;/q;2*+1;2*-1. The van der Waals surface area contributed by atoms with Crippen LogP contribution in [0.5, 0.6) is 0 Å². The summed E-state index contributed by atoms with van der Waals surface area (Å²) in [6.07, 6.45) is -1.02. The van der Waals surface area contributed by atoms with Crippen LogP contribution in [0.15, 0.2) is 0 Å². The van der Waals surface area contributed by atoms with E-state index in [0.717, 1.165) is 0 Å². The first-order chi connectivity index (χ1) is 6.29. The van der Waals surface area contributed by atoms with Crippen molar-refractivity contribution in [3.05, 3.63) is 0 Å². The van der Waals surface area contributed by atoms with Crippen molar-refractivity contribution in [2.45, 2.75) is 18.6 Å². The second kappa shape index (κ2) is 11.0. The molecule has 0 aliphatic rings. The molecular formula is C6H12K2O7S. The Kier molecular flexibility index (Phi) is 16.0. The fourth-order valence-corrected chi connectivity index (χ4v) is 1.37. The summed E-state index contributed by atoms with van der Waals surface area (Å²) in [6.45, 7) is 1.34. The van der Waals surface area contributed by atoms with Crippen molar-refractivity contribution in [2.75, 3.05) is 6.61 Å². The Morgan fingerprint density at radius 3 is 2.06 bits per heavy atom. The van der Waals surface area contributed by atoms with Crippen molar-refractivity contribution in [1.82, 2.24) is 0 Å². The van der Waals surface area contributed by atoms with Crippen LogP contribution in [0.2, 0.25) is 0 Å². The Hall–Kier alpha value is 2.12. The second-order valence-electron chi connectivity index (χ2n) is 2.35. The zero-order valence-electron chi connectivity index (χ0n) is 11.3. The number of ether oxygens (including phenoxy) is 1. The van der Waals surface area contributed by atoms with Crippen molar-refractivity contribution in [3.63, 3.8) is 0 Å². The first kappa shape index (κ1) is 23.2. The summed E-state index contributed by atoms with van der Waals surface area (Å²) in [5.74, 6) is -2.78. The van der Waals surface area contributed by atoms with Gasteiger partial charge in [-0.3, -0.25) is 14.1 Å². The first-order valence-corrected chi connectivity index (χ1v) is 5.14. The average Bonchev–Trinajstić information content (AvgIpc) is 1.98. The van der Waals surface area contributed by atoms with Crippen LogP contribution in [0.4, 0.5) is 0 Å². The minimum absolute atomic E-state index is 0. The summed E-state index contributed by atoms with van der Waals surface area (Å²) >= 11 is 0. The number of carbonyl (C=O) groups excluding carboxylic acids is 1. The monoisotopic (exact) mass is 306 g/mol. The van der Waals surface area contributed by atoms with E-state index < -0.39 is 33.7 Å². The maximum atomic E-state index is 10.9. The van der Waals surface area contributed by atoms with Gasteiger partial charge in [-0.15, -0.1) is 0 Å². The minimum Gasteiger partial charge on any atom is -1.00 e. The molecule has 0 radical (unpaired) electrons. The molecule has 0 aliphatic carbocycles. The number of aliphatic carboxylic acids is 1. The van der Waals surface area contributed by atoms with Crippen LogP contribution in [0.25, 0.3) is 0 Å². The van der Waals surface area contributed by atoms with Gasteiger partial charge in [-0.2, -0.15) is 8.42 Å². The SMILES string of the molecule is CCOC(=O)C(CC(=O)O)S(=O)(=O)O.[H-].[H-].[K+].[K+]. The van der Waals surface area contributed by atoms with E-state index in [1.807, 2.05) is 0 Å². The van der Waals surface area contributed by atoms with E-state index in [1.54, 1.807) is 0 Å². The fourth-order valence-electron chi connectivity index (χ4n) is 0.704. The van der Waals surface area contributed by atoms with Gasteiger partial charge < -0.3 is 12.7 Å². The van der Waals surface area contributed by atoms with Crippen molar-refractivity contribution < 1.29 is 138 Å². The van der Waals surface area contributed by atoms with E-state index in [4.69, 9.17) is 9.66 Å². The van der Waals surface area contributed by atoms with Crippen LogP contribution in [-0.2, 0) is 24.4 Å². The van der Waals surface area contributed by atoms with E-state index in [1.165, 1.54) is 6.92 Å². The Labute approximate surface area is 181 Å². The maximum Gasteiger partial charge on any atom is 1.00 e. The topological polar surface area (TPSA) is 118 Å². The molecule has 86 valence electrons. The van der Waals surface area contributed by atoms with E-state index in [-0.39, 0.29) is 112 Å². The molecule has 0 aromatic heterocycles. The largest absolute Gasteiger partial charge is 1.00 e. The van der Waals surface area contributed by atoms with E-state index in [9.17, 15) is 18.0 Å². The molecule has 0 aromatic rings. The predicted molar refractivity (Wildman–Crippen MR) is 46.4 cm³/mol. The number of hydrogen-bond donors (Lipinski definition) is 2. The number of carboxylic acids is 1. The van der Waals surface area contributed by atoms with Gasteiger partial charge in [-0.05, 0) is 6.92 Å². The third kappa shape index (κ3) is 10.1. The van der Waals surface area contributed by atoms with Crippen molar-refractivity contribution in [1.29, 1.82) is 0 Å². The third-order valence-electron chi connectivity index (χ3n) is 1.27. The van der Waals surface area contributed by atoms with Crippen molar-refractivity contribution in [3.8, 4) is 0 Å². The van der Waals surface area contributed by atoms with Gasteiger partial charge in [0.05, 0.1) is 13.0 Å². The molecule has 10 heteroatoms. The average molecular weight is 306 g/mol. The zero-order valence-corrected chi connectivity index (χ0v) is 16.4. The minimum atomic E-state index is -4.74. The molecule has 2 N–H and O–H groups in total. The van der Waals surface area contributed by atoms with Crippen LogP contribution in [0, 0.1) is 0 Å². The number of carbonyl (C=O) groups is 2. The second-order valence-corrected chi connectivity index (χ2v) is 3.95. The molecule has 1 unspecified atom stereocenters. The molecule has 0 spiro atoms. The number of carboxylic acid groups (broad SMARTS) is 1. The van der Waals surface area contributed by atoms with Gasteiger partial charge in [-0.25, -0.2) is 0 Å². The maximum absolute atomic E-state index is 10.9. The smallest absolute Gasteiger partial charge is 1.00 e. The van der Waals surface area contributed by atoms with E-state index in [0.29, 0.717) is 0 Å². The van der Waals surface area contributed by atoms with Crippen LogP contribution >= 0.6 is 0 Å². The number of hydrogen-bond acceptors (Lipinski definition) is 5. The molecule has 0 saturated carbocycles. The quantitative estimate of drug-likeness (QED) is 0.294. The summed E-state index contributed by atoms with van der Waals surface area (Å²) in [5, 5.41) is 6.23. The molecule has 1 atom stereocenters. The third-order valence-corrected chi connectivity index (χ3v) is 2.35. The van der Waals surface area contributed by atoms with Crippen LogP contribution in [-0.4, -0.2) is 41.9 Å². The molecule has 0 fully saturated rings. The van der Waals surface area contributed by atoms with Gasteiger partial charge in [0.25, 0.3) is 10.1 Å². The predicted octanol–water partition coefficient (Wildman–Crippen LogP) is -6.49. The Balaban J connectivity index is -0.000000141. The zero-order chi connectivity index (χ0) is 11.4. The molecule has 16 heavy (non-hydrogen) atoms. The molecule has 0 rings (SSSR count). The van der Waals surface area contributed by atoms with Crippen molar-refractivity contribution >= 4 is 22.1 Å². The van der Waals surface area contributed by atoms with E-state index in [2.05, 4.69) is 4.74 Å². The normalized spacial score (nSPS) is 11.6. The van der Waals surface area contributed by atoms with Crippen LogP contribution in [0.3, 0.4) is 0 Å². The molecule has 7 nitrogen and oxygen atoms in total. The number of rotatable bonds is 5. The first-order valence-electron chi connectivity index (χ1n) is 3.63. The van der Waals surface area contributed by atoms with E-state index >= 15 is 0 Å². The molecule has 0 amide bonds. The Bertz CT molecular complexity index is 335. The summed E-state index contributed by atoms with van der Waals surface area (Å²) < 4.78 is 34.0. The molecule has 0 heterocycles. The molecule has 0 aliphatic heterocycles. The van der Waals surface area contributed by atoms with Gasteiger partial charge in [0, 0.05) is 0 Å². The summed E-state index contributed by atoms with van der Waals surface area (Å²) in [6, 6.07) is 0. The van der Waals surface area contributed by atoms with Crippen LogP contribution in [0.1, 0.15) is 16.2 Å². The molecule has 0 saturated heterocycles. The molecule has 0 bridgehead atoms. The van der Waals surface area contributed by atoms with Crippen LogP contribution < -0.4 is 103 Å². The summed E-state index contributed by atoms with van der Waals surface area (Å²) in [4.78, 5) is 21.1. The number of esters is 1. The molecular weight excluding hydrogens is 294 g/mol. The van der Waals surface area contributed by atoms with Crippen molar-refractivity contribution in [2.24, 2.45) is 0 Å². The van der Waals surface area contributed by atoms with Gasteiger partial charge in [-0.1, -0.05) is 0 Å².